The molecule has 2 aromatic carbocycles. The van der Waals surface area contributed by atoms with Crippen LogP contribution in [0.25, 0.3) is 0 Å². The average molecular weight is 493 g/mol. The Labute approximate surface area is 202 Å². The molecule has 8 heteroatoms. The predicted molar refractivity (Wildman–Crippen MR) is 131 cm³/mol. The van der Waals surface area contributed by atoms with Crippen molar-refractivity contribution in [2.45, 2.75) is 57.4 Å². The van der Waals surface area contributed by atoms with Crippen molar-refractivity contribution in [2.75, 3.05) is 20.2 Å². The molecule has 0 spiro atoms. The summed E-state index contributed by atoms with van der Waals surface area (Å²) >= 11 is 5.90. The summed E-state index contributed by atoms with van der Waals surface area (Å²) in [7, 11) is -2.01. The number of hydrogen-bond donors (Lipinski definition) is 1. The highest BCUT2D eigenvalue weighted by molar-refractivity contribution is 7.89. The lowest BCUT2D eigenvalue weighted by Crippen LogP contribution is -2.45. The molecule has 0 aliphatic carbocycles. The zero-order valence-corrected chi connectivity index (χ0v) is 21.5. The Balaban J connectivity index is 1.74. The molecule has 6 nitrogen and oxygen atoms in total. The maximum absolute atomic E-state index is 13.1. The molecule has 0 radical (unpaired) electrons. The molecular formula is C25H33ClN2O4S. The van der Waals surface area contributed by atoms with Crippen molar-refractivity contribution in [1.82, 2.24) is 9.62 Å². The second-order valence-corrected chi connectivity index (χ2v) is 11.4. The van der Waals surface area contributed by atoms with Crippen LogP contribution in [-0.2, 0) is 14.8 Å². The third-order valence-electron chi connectivity index (χ3n) is 6.27. The number of rotatable bonds is 7. The molecule has 0 bridgehead atoms. The molecule has 1 amide bonds. The number of methoxy groups -OCH3 is 1. The maximum atomic E-state index is 13.1. The number of halogens is 1. The maximum Gasteiger partial charge on any atom is 0.243 e. The van der Waals surface area contributed by atoms with Crippen LogP contribution in [0.1, 0.15) is 62.3 Å². The van der Waals surface area contributed by atoms with Gasteiger partial charge >= 0.3 is 0 Å². The Morgan fingerprint density at radius 1 is 1.15 bits per heavy atom. The number of benzene rings is 2. The van der Waals surface area contributed by atoms with Gasteiger partial charge in [0.15, 0.2) is 0 Å². The van der Waals surface area contributed by atoms with Crippen molar-refractivity contribution in [2.24, 2.45) is 5.92 Å². The van der Waals surface area contributed by atoms with Crippen molar-refractivity contribution in [3.63, 3.8) is 0 Å². The van der Waals surface area contributed by atoms with Crippen molar-refractivity contribution >= 4 is 27.5 Å². The van der Waals surface area contributed by atoms with E-state index in [-0.39, 0.29) is 29.3 Å². The van der Waals surface area contributed by atoms with Crippen LogP contribution in [0.3, 0.4) is 0 Å². The minimum atomic E-state index is -3.67. The highest BCUT2D eigenvalue weighted by atomic mass is 35.5. The van der Waals surface area contributed by atoms with Crippen LogP contribution in [0.5, 0.6) is 5.75 Å². The molecule has 1 heterocycles. The van der Waals surface area contributed by atoms with Gasteiger partial charge in [0.1, 0.15) is 5.75 Å². The van der Waals surface area contributed by atoms with Crippen LogP contribution in [0, 0.1) is 12.8 Å². The lowest BCUT2D eigenvalue weighted by molar-refractivity contribution is -0.126. The molecule has 1 saturated heterocycles. The fourth-order valence-corrected chi connectivity index (χ4v) is 6.00. The summed E-state index contributed by atoms with van der Waals surface area (Å²) < 4.78 is 33.0. The van der Waals surface area contributed by atoms with Crippen LogP contribution in [-0.4, -0.2) is 38.8 Å². The summed E-state index contributed by atoms with van der Waals surface area (Å²) in [6.07, 6.45) is 1.29. The summed E-state index contributed by atoms with van der Waals surface area (Å²) in [6, 6.07) is 10.0. The number of carbonyl (C=O) groups excluding carboxylic acids is 1. The van der Waals surface area contributed by atoms with Crippen LogP contribution >= 0.6 is 11.6 Å². The first-order valence-electron chi connectivity index (χ1n) is 11.3. The second-order valence-electron chi connectivity index (χ2n) is 8.99. The molecule has 1 fully saturated rings. The van der Waals surface area contributed by atoms with Gasteiger partial charge < -0.3 is 10.1 Å². The van der Waals surface area contributed by atoms with E-state index < -0.39 is 15.9 Å². The summed E-state index contributed by atoms with van der Waals surface area (Å²) in [5.41, 5.74) is 3.17. The lowest BCUT2D eigenvalue weighted by atomic mass is 9.92. The van der Waals surface area contributed by atoms with E-state index in [1.54, 1.807) is 19.2 Å². The quantitative estimate of drug-likeness (QED) is 0.586. The minimum absolute atomic E-state index is 0.125. The lowest BCUT2D eigenvalue weighted by Gasteiger charge is -2.32. The highest BCUT2D eigenvalue weighted by Crippen LogP contribution is 2.32. The SMILES string of the molecule is COc1cc(C)c([C@@H](C)NC(=O)[C@H]2CCCN(S(=O)(=O)c3ccc(Cl)cc3)C2)cc1C(C)C. The third kappa shape index (κ3) is 5.70. The zero-order chi connectivity index (χ0) is 24.3. The molecule has 1 aliphatic heterocycles. The van der Waals surface area contributed by atoms with Gasteiger partial charge in [0.2, 0.25) is 15.9 Å². The van der Waals surface area contributed by atoms with Gasteiger partial charge in [-0.2, -0.15) is 4.31 Å². The van der Waals surface area contributed by atoms with E-state index >= 15 is 0 Å². The van der Waals surface area contributed by atoms with Gasteiger partial charge in [-0.3, -0.25) is 4.79 Å². The molecule has 0 saturated carbocycles. The average Bonchev–Trinajstić information content (AvgIpc) is 2.78. The first-order chi connectivity index (χ1) is 15.5. The van der Waals surface area contributed by atoms with E-state index in [0.29, 0.717) is 24.4 Å². The Hall–Kier alpha value is -2.09. The van der Waals surface area contributed by atoms with Crippen molar-refractivity contribution in [1.29, 1.82) is 0 Å². The number of ether oxygens (including phenoxy) is 1. The number of nitrogens with zero attached hydrogens (tertiary/aromatic N) is 1. The molecule has 180 valence electrons. The first kappa shape index (κ1) is 25.5. The van der Waals surface area contributed by atoms with E-state index in [1.165, 1.54) is 16.4 Å². The molecule has 3 rings (SSSR count). The number of amides is 1. The van der Waals surface area contributed by atoms with Gasteiger partial charge in [-0.15, -0.1) is 0 Å². The van der Waals surface area contributed by atoms with Crippen LogP contribution < -0.4 is 10.1 Å². The Morgan fingerprint density at radius 2 is 1.82 bits per heavy atom. The van der Waals surface area contributed by atoms with Crippen molar-refractivity contribution < 1.29 is 17.9 Å². The molecule has 1 aliphatic rings. The largest absolute Gasteiger partial charge is 0.496 e. The standard InChI is InChI=1S/C25H33ClN2O4S/c1-16(2)22-14-23(17(3)13-24(22)32-5)18(4)27-25(29)19-7-6-12-28(15-19)33(30,31)21-10-8-20(26)9-11-21/h8-11,13-14,16,18-19H,6-7,12,15H2,1-5H3,(H,27,29)/t18-,19+/m1/s1. The molecule has 0 unspecified atom stereocenters. The van der Waals surface area contributed by atoms with Gasteiger partial charge in [-0.25, -0.2) is 8.42 Å². The number of aryl methyl sites for hydroxylation is 1. The third-order valence-corrected chi connectivity index (χ3v) is 8.40. The van der Waals surface area contributed by atoms with Crippen LogP contribution in [0.2, 0.25) is 5.02 Å². The Morgan fingerprint density at radius 3 is 2.42 bits per heavy atom. The smallest absolute Gasteiger partial charge is 0.243 e. The van der Waals surface area contributed by atoms with Gasteiger partial charge in [0.05, 0.1) is 24.0 Å². The van der Waals surface area contributed by atoms with Crippen LogP contribution in [0.15, 0.2) is 41.3 Å². The first-order valence-corrected chi connectivity index (χ1v) is 13.1. The van der Waals surface area contributed by atoms with Crippen molar-refractivity contribution in [3.8, 4) is 5.75 Å². The van der Waals surface area contributed by atoms with E-state index in [9.17, 15) is 13.2 Å². The summed E-state index contributed by atoms with van der Waals surface area (Å²) in [6.45, 7) is 8.76. The Kier molecular flexibility index (Phi) is 8.08. The number of nitrogens with one attached hydrogen (secondary N) is 1. The highest BCUT2D eigenvalue weighted by Gasteiger charge is 2.34. The fourth-order valence-electron chi connectivity index (χ4n) is 4.35. The number of sulfonamides is 1. The monoisotopic (exact) mass is 492 g/mol. The van der Waals surface area contributed by atoms with Gasteiger partial charge in [-0.05, 0) is 85.7 Å². The molecule has 0 aromatic heterocycles. The van der Waals surface area contributed by atoms with E-state index in [4.69, 9.17) is 16.3 Å². The molecule has 33 heavy (non-hydrogen) atoms. The van der Waals surface area contributed by atoms with E-state index in [0.717, 1.165) is 22.4 Å². The predicted octanol–water partition coefficient (Wildman–Crippen LogP) is 5.06. The van der Waals surface area contributed by atoms with Crippen LogP contribution in [0.4, 0.5) is 0 Å². The topological polar surface area (TPSA) is 75.7 Å². The summed E-state index contributed by atoms with van der Waals surface area (Å²) in [5, 5.41) is 3.59. The molecule has 1 N–H and O–H groups in total. The molecule has 2 atom stereocenters. The fraction of sp³-hybridized carbons (Fsp3) is 0.480. The minimum Gasteiger partial charge on any atom is -0.496 e. The number of piperidine rings is 1. The van der Waals surface area contributed by atoms with E-state index in [1.807, 2.05) is 19.9 Å². The zero-order valence-electron chi connectivity index (χ0n) is 19.9. The second kappa shape index (κ2) is 10.5. The summed E-state index contributed by atoms with van der Waals surface area (Å²) in [4.78, 5) is 13.3. The normalized spacial score (nSPS) is 18.2. The Bertz CT molecular complexity index is 1100. The van der Waals surface area contributed by atoms with E-state index in [2.05, 4.69) is 25.2 Å². The van der Waals surface area contributed by atoms with Gasteiger partial charge in [-0.1, -0.05) is 25.4 Å². The number of hydrogen-bond acceptors (Lipinski definition) is 4. The number of carbonyl (C=O) groups is 1. The van der Waals surface area contributed by atoms with Crippen molar-refractivity contribution in [3.05, 3.63) is 58.1 Å². The molecule has 2 aromatic rings. The van der Waals surface area contributed by atoms with Gasteiger partial charge in [0.25, 0.3) is 0 Å². The van der Waals surface area contributed by atoms with Gasteiger partial charge in [0, 0.05) is 18.1 Å². The molecular weight excluding hydrogens is 460 g/mol. The summed E-state index contributed by atoms with van der Waals surface area (Å²) in [5.74, 6) is 0.610.